The van der Waals surface area contributed by atoms with Gasteiger partial charge in [-0.1, -0.05) is 75.1 Å². The first kappa shape index (κ1) is 26.9. The Morgan fingerprint density at radius 3 is 2.19 bits per heavy atom. The van der Waals surface area contributed by atoms with Crippen molar-refractivity contribution in [3.05, 3.63) is 76.6 Å². The number of rotatable bonds is 6. The van der Waals surface area contributed by atoms with Gasteiger partial charge in [-0.3, -0.25) is 0 Å². The van der Waals surface area contributed by atoms with Crippen molar-refractivity contribution in [1.82, 2.24) is 0 Å². The maximum absolute atomic E-state index is 15.1. The third-order valence-corrected chi connectivity index (χ3v) is 7.12. The topological polar surface area (TPSA) is 9.23 Å². The van der Waals surface area contributed by atoms with Gasteiger partial charge in [0.1, 0.15) is 5.82 Å². The summed E-state index contributed by atoms with van der Waals surface area (Å²) >= 11 is 0. The van der Waals surface area contributed by atoms with E-state index in [0.717, 1.165) is 47.8 Å². The van der Waals surface area contributed by atoms with Crippen molar-refractivity contribution in [2.24, 2.45) is 11.8 Å². The van der Waals surface area contributed by atoms with E-state index in [2.05, 4.69) is 23.5 Å². The summed E-state index contributed by atoms with van der Waals surface area (Å²) in [5.74, 6) is 2.33. The molecule has 1 fully saturated rings. The zero-order valence-corrected chi connectivity index (χ0v) is 20.5. The number of fused-ring (bicyclic) bond motifs is 1. The normalized spacial score (nSPS) is 17.9. The molecule has 1 aliphatic rings. The number of hydrogen-bond donors (Lipinski definition) is 0. The predicted octanol–water partition coefficient (Wildman–Crippen LogP) is 8.75. The van der Waals surface area contributed by atoms with Gasteiger partial charge in [0, 0.05) is 10.9 Å². The lowest BCUT2D eigenvalue weighted by Gasteiger charge is -2.27. The van der Waals surface area contributed by atoms with Gasteiger partial charge in [0.2, 0.25) is 0 Å². The fourth-order valence-corrected chi connectivity index (χ4v) is 4.96. The van der Waals surface area contributed by atoms with Gasteiger partial charge in [-0.15, -0.1) is 0 Å². The van der Waals surface area contributed by atoms with Crippen molar-refractivity contribution >= 4 is 10.8 Å². The molecule has 1 aliphatic carbocycles. The second kappa shape index (κ2) is 11.5. The Bertz CT molecular complexity index is 1290. The predicted molar refractivity (Wildman–Crippen MR) is 132 cm³/mol. The van der Waals surface area contributed by atoms with Crippen molar-refractivity contribution in [3.63, 3.8) is 0 Å². The Kier molecular flexibility index (Phi) is 8.36. The molecule has 0 aliphatic heterocycles. The van der Waals surface area contributed by atoms with Crippen molar-refractivity contribution in [2.75, 3.05) is 6.61 Å². The van der Waals surface area contributed by atoms with Gasteiger partial charge < -0.3 is 4.74 Å². The summed E-state index contributed by atoms with van der Waals surface area (Å²) in [5.41, 5.74) is 1.05. The van der Waals surface area contributed by atoms with Crippen LogP contribution in [0.25, 0.3) is 10.8 Å². The molecule has 1 nitrogen and oxygen atoms in total. The van der Waals surface area contributed by atoms with Crippen molar-refractivity contribution < 1.29 is 31.1 Å². The van der Waals surface area contributed by atoms with Crippen LogP contribution in [-0.4, -0.2) is 12.8 Å². The van der Waals surface area contributed by atoms with Crippen molar-refractivity contribution in [3.8, 4) is 17.6 Å². The maximum Gasteiger partial charge on any atom is 0.422 e. The first-order chi connectivity index (χ1) is 17.6. The Morgan fingerprint density at radius 1 is 0.865 bits per heavy atom. The average molecular weight is 519 g/mol. The van der Waals surface area contributed by atoms with E-state index < -0.39 is 36.0 Å². The summed E-state index contributed by atoms with van der Waals surface area (Å²) in [5, 5.41) is 1.14. The molecule has 0 radical (unpaired) electrons. The summed E-state index contributed by atoms with van der Waals surface area (Å²) in [4.78, 5) is 0. The van der Waals surface area contributed by atoms with Crippen LogP contribution in [0.5, 0.6) is 5.75 Å². The van der Waals surface area contributed by atoms with Gasteiger partial charge in [-0.05, 0) is 53.8 Å². The highest BCUT2D eigenvalue weighted by atomic mass is 19.4. The second-order valence-corrected chi connectivity index (χ2v) is 9.74. The minimum atomic E-state index is -4.74. The van der Waals surface area contributed by atoms with Crippen LogP contribution >= 0.6 is 0 Å². The first-order valence-corrected chi connectivity index (χ1v) is 12.5. The summed E-state index contributed by atoms with van der Waals surface area (Å²) in [6.07, 6.45) is 3.77. The van der Waals surface area contributed by atoms with Crippen LogP contribution in [0.15, 0.2) is 42.5 Å². The van der Waals surface area contributed by atoms with Gasteiger partial charge >= 0.3 is 6.18 Å². The molecule has 0 N–H and O–H groups in total. The summed E-state index contributed by atoms with van der Waals surface area (Å²) in [6, 6.07) is 10.4. The van der Waals surface area contributed by atoms with Crippen LogP contribution in [0.1, 0.15) is 62.1 Å². The molecular formula is C30H28F6O. The largest absolute Gasteiger partial charge is 0.478 e. The van der Waals surface area contributed by atoms with Crippen molar-refractivity contribution in [1.29, 1.82) is 0 Å². The van der Waals surface area contributed by atoms with Gasteiger partial charge in [0.25, 0.3) is 0 Å². The Hall–Kier alpha value is -3.14. The average Bonchev–Trinajstić information content (AvgIpc) is 2.86. The van der Waals surface area contributed by atoms with Crippen LogP contribution in [0, 0.1) is 41.1 Å². The lowest BCUT2D eigenvalue weighted by atomic mass is 9.78. The number of ether oxygens (including phenoxy) is 1. The number of alkyl halides is 3. The molecule has 0 unspecified atom stereocenters. The van der Waals surface area contributed by atoms with Crippen LogP contribution in [0.2, 0.25) is 0 Å². The molecule has 0 heterocycles. The van der Waals surface area contributed by atoms with E-state index >= 15 is 4.39 Å². The molecule has 0 amide bonds. The Labute approximate surface area is 212 Å². The molecule has 1 saturated carbocycles. The molecule has 4 rings (SSSR count). The van der Waals surface area contributed by atoms with E-state index in [1.54, 1.807) is 12.1 Å². The van der Waals surface area contributed by atoms with Gasteiger partial charge in [0.05, 0.1) is 5.56 Å². The molecule has 3 aromatic rings. The fraction of sp³-hybridized carbons (Fsp3) is 0.400. The number of aryl methyl sites for hydroxylation is 1. The van der Waals surface area contributed by atoms with E-state index in [4.69, 9.17) is 0 Å². The van der Waals surface area contributed by atoms with Crippen LogP contribution in [-0.2, 0) is 6.42 Å². The lowest BCUT2D eigenvalue weighted by molar-refractivity contribution is -0.154. The Morgan fingerprint density at radius 2 is 1.54 bits per heavy atom. The third-order valence-electron chi connectivity index (χ3n) is 7.12. The van der Waals surface area contributed by atoms with E-state index in [1.807, 2.05) is 12.1 Å². The van der Waals surface area contributed by atoms with Crippen LogP contribution in [0.4, 0.5) is 26.3 Å². The highest BCUT2D eigenvalue weighted by molar-refractivity contribution is 5.85. The molecule has 0 atom stereocenters. The van der Waals surface area contributed by atoms with E-state index in [9.17, 15) is 22.0 Å². The lowest BCUT2D eigenvalue weighted by Crippen LogP contribution is -2.20. The summed E-state index contributed by atoms with van der Waals surface area (Å²) in [7, 11) is 0. The number of hydrogen-bond acceptors (Lipinski definition) is 1. The molecule has 0 bridgehead atoms. The Balaban J connectivity index is 1.46. The smallest absolute Gasteiger partial charge is 0.422 e. The molecule has 37 heavy (non-hydrogen) atoms. The van der Waals surface area contributed by atoms with Crippen LogP contribution in [0.3, 0.4) is 0 Å². The van der Waals surface area contributed by atoms with E-state index in [-0.39, 0.29) is 11.1 Å². The fourth-order valence-electron chi connectivity index (χ4n) is 4.96. The van der Waals surface area contributed by atoms with E-state index in [1.165, 1.54) is 38.2 Å². The van der Waals surface area contributed by atoms with Gasteiger partial charge in [0.15, 0.2) is 24.0 Å². The van der Waals surface area contributed by atoms with Crippen LogP contribution < -0.4 is 4.74 Å². The first-order valence-electron chi connectivity index (χ1n) is 12.5. The van der Waals surface area contributed by atoms with Gasteiger partial charge in [-0.2, -0.15) is 13.2 Å². The molecule has 3 aromatic carbocycles. The summed E-state index contributed by atoms with van der Waals surface area (Å²) < 4.78 is 84.3. The number of halogens is 6. The highest BCUT2D eigenvalue weighted by Gasteiger charge is 2.30. The van der Waals surface area contributed by atoms with Crippen molar-refractivity contribution in [2.45, 2.75) is 58.0 Å². The zero-order valence-electron chi connectivity index (χ0n) is 20.5. The second-order valence-electron chi connectivity index (χ2n) is 9.74. The van der Waals surface area contributed by atoms with E-state index in [0.29, 0.717) is 5.39 Å². The molecule has 0 spiro atoms. The summed E-state index contributed by atoms with van der Waals surface area (Å²) in [6.45, 7) is 0.434. The molecule has 0 saturated heterocycles. The molecule has 0 aromatic heterocycles. The molecular weight excluding hydrogens is 490 g/mol. The zero-order chi connectivity index (χ0) is 26.6. The molecule has 7 heteroatoms. The third kappa shape index (κ3) is 7.00. The monoisotopic (exact) mass is 518 g/mol. The standard InChI is InChI=1S/C30H28F6O/c1-2-19-3-5-20(6-4-19)7-8-21-10-14-25-24(15-21)13-12-23(28(25)33)11-9-22-16-26(31)29(27(32)17-22)37-18-30(34,35)36/h10,12-17,19-20H,2-8,18H2,1H3. The quantitative estimate of drug-likeness (QED) is 0.234. The van der Waals surface area contributed by atoms with Gasteiger partial charge in [-0.25, -0.2) is 13.2 Å². The maximum atomic E-state index is 15.1. The molecule has 196 valence electrons. The number of benzene rings is 3. The minimum absolute atomic E-state index is 0.0474. The minimum Gasteiger partial charge on any atom is -0.478 e. The highest BCUT2D eigenvalue weighted by Crippen LogP contribution is 2.33. The SMILES string of the molecule is CCC1CCC(CCc2ccc3c(F)c(C#Cc4cc(F)c(OCC(F)(F)F)c(F)c4)ccc3c2)CC1.